The molecule has 2 rings (SSSR count). The van der Waals surface area contributed by atoms with Crippen molar-refractivity contribution in [3.63, 3.8) is 0 Å². The number of hydrogen-bond acceptors (Lipinski definition) is 3. The second-order valence-corrected chi connectivity index (χ2v) is 5.85. The molecule has 1 heterocycles. The van der Waals surface area contributed by atoms with Crippen molar-refractivity contribution < 1.29 is 13.2 Å². The van der Waals surface area contributed by atoms with E-state index in [1.165, 1.54) is 23.4 Å². The highest BCUT2D eigenvalue weighted by Gasteiger charge is 2.37. The molecule has 0 N–H and O–H groups in total. The highest BCUT2D eigenvalue weighted by molar-refractivity contribution is 7.88. The lowest BCUT2D eigenvalue weighted by atomic mass is 10.2. The Balaban J connectivity index is 1.99. The quantitative estimate of drug-likeness (QED) is 0.640. The van der Waals surface area contributed by atoms with Crippen LogP contribution >= 0.6 is 0 Å². The van der Waals surface area contributed by atoms with Gasteiger partial charge < -0.3 is 4.74 Å². The summed E-state index contributed by atoms with van der Waals surface area (Å²) in [5, 5.41) is 0. The van der Waals surface area contributed by atoms with Crippen molar-refractivity contribution in [2.45, 2.75) is 18.9 Å². The van der Waals surface area contributed by atoms with E-state index in [1.54, 1.807) is 0 Å². The van der Waals surface area contributed by atoms with Crippen molar-refractivity contribution in [3.8, 4) is 0 Å². The lowest BCUT2D eigenvalue weighted by Crippen LogP contribution is -2.45. The fourth-order valence-corrected chi connectivity index (χ4v) is 2.53. The third-order valence-corrected chi connectivity index (χ3v) is 3.94. The maximum absolute atomic E-state index is 11.2. The zero-order chi connectivity index (χ0) is 9.47. The topological polar surface area (TPSA) is 46.6 Å². The molecule has 13 heavy (non-hydrogen) atoms. The Bertz CT molecular complexity index is 284. The van der Waals surface area contributed by atoms with Crippen LogP contribution in [-0.2, 0) is 14.8 Å². The minimum absolute atomic E-state index is 0.156. The molecule has 1 aliphatic heterocycles. The summed E-state index contributed by atoms with van der Waals surface area (Å²) < 4.78 is 29.5. The molecule has 0 radical (unpaired) electrons. The van der Waals surface area contributed by atoms with Gasteiger partial charge in [0.25, 0.3) is 0 Å². The van der Waals surface area contributed by atoms with Gasteiger partial charge in [-0.1, -0.05) is 0 Å². The van der Waals surface area contributed by atoms with E-state index >= 15 is 0 Å². The Labute approximate surface area is 78.9 Å². The normalized spacial score (nSPS) is 31.9. The molecular weight excluding hydrogens is 190 g/mol. The Morgan fingerprint density at radius 2 is 2.08 bits per heavy atom. The average molecular weight is 205 g/mol. The molecule has 2 aliphatic rings. The van der Waals surface area contributed by atoms with Gasteiger partial charge in [0.1, 0.15) is 0 Å². The van der Waals surface area contributed by atoms with E-state index < -0.39 is 10.0 Å². The van der Waals surface area contributed by atoms with Crippen LogP contribution in [0.3, 0.4) is 0 Å². The zero-order valence-electron chi connectivity index (χ0n) is 7.77. The van der Waals surface area contributed by atoms with E-state index in [2.05, 4.69) is 0 Å². The van der Waals surface area contributed by atoms with Gasteiger partial charge in [-0.25, -0.2) is 8.42 Å². The van der Waals surface area contributed by atoms with Gasteiger partial charge in [-0.2, -0.15) is 4.31 Å². The van der Waals surface area contributed by atoms with Crippen molar-refractivity contribution in [1.82, 2.24) is 4.31 Å². The molecule has 0 aromatic rings. The third kappa shape index (κ3) is 2.21. The van der Waals surface area contributed by atoms with E-state index in [4.69, 9.17) is 4.74 Å². The molecule has 5 heteroatoms. The van der Waals surface area contributed by atoms with Gasteiger partial charge in [0.05, 0.1) is 19.0 Å². The molecule has 1 aliphatic carbocycles. The summed E-state index contributed by atoms with van der Waals surface area (Å²) in [4.78, 5) is 0. The Kier molecular flexibility index (Phi) is 2.33. The third-order valence-electron chi connectivity index (χ3n) is 2.67. The van der Waals surface area contributed by atoms with Gasteiger partial charge in [-0.3, -0.25) is 0 Å². The first-order valence-corrected chi connectivity index (χ1v) is 6.49. The monoisotopic (exact) mass is 205 g/mol. The van der Waals surface area contributed by atoms with Crippen LogP contribution in [0.25, 0.3) is 0 Å². The van der Waals surface area contributed by atoms with E-state index in [0.717, 1.165) is 0 Å². The van der Waals surface area contributed by atoms with Crippen LogP contribution in [0.15, 0.2) is 0 Å². The molecule has 2 fully saturated rings. The standard InChI is InChI=1S/C8H15NO3S/c1-13(10,11)9-4-5-12-8(6-9)7-2-3-7/h7-8H,2-6H2,1H3/t8-/m0/s1. The Morgan fingerprint density at radius 1 is 1.38 bits per heavy atom. The minimum atomic E-state index is -3.01. The van der Waals surface area contributed by atoms with Gasteiger partial charge in [0.15, 0.2) is 0 Å². The molecule has 0 spiro atoms. The molecule has 0 amide bonds. The predicted molar refractivity (Wildman–Crippen MR) is 48.9 cm³/mol. The second-order valence-electron chi connectivity index (χ2n) is 3.87. The van der Waals surface area contributed by atoms with Crippen LogP contribution in [0.5, 0.6) is 0 Å². The van der Waals surface area contributed by atoms with Crippen molar-refractivity contribution in [3.05, 3.63) is 0 Å². The first kappa shape index (κ1) is 9.43. The Morgan fingerprint density at radius 3 is 2.62 bits per heavy atom. The van der Waals surface area contributed by atoms with Gasteiger partial charge in [-0.15, -0.1) is 0 Å². The van der Waals surface area contributed by atoms with E-state index in [-0.39, 0.29) is 6.10 Å². The number of sulfonamides is 1. The summed E-state index contributed by atoms with van der Waals surface area (Å²) in [5.74, 6) is 0.615. The average Bonchev–Trinajstić information content (AvgIpc) is 2.85. The molecule has 4 nitrogen and oxygen atoms in total. The first-order chi connectivity index (χ1) is 6.07. The maximum Gasteiger partial charge on any atom is 0.211 e. The van der Waals surface area contributed by atoms with Crippen LogP contribution in [0.1, 0.15) is 12.8 Å². The predicted octanol–water partition coefficient (Wildman–Crippen LogP) is 0.0568. The minimum Gasteiger partial charge on any atom is -0.375 e. The fourth-order valence-electron chi connectivity index (χ4n) is 1.70. The molecule has 0 aromatic heterocycles. The zero-order valence-corrected chi connectivity index (χ0v) is 8.59. The first-order valence-electron chi connectivity index (χ1n) is 4.64. The van der Waals surface area contributed by atoms with Crippen LogP contribution in [-0.4, -0.2) is 44.8 Å². The molecule has 1 saturated carbocycles. The largest absolute Gasteiger partial charge is 0.375 e. The van der Waals surface area contributed by atoms with E-state index in [1.807, 2.05) is 0 Å². The number of hydrogen-bond donors (Lipinski definition) is 0. The second kappa shape index (κ2) is 3.22. The van der Waals surface area contributed by atoms with Crippen LogP contribution < -0.4 is 0 Å². The van der Waals surface area contributed by atoms with Gasteiger partial charge in [0.2, 0.25) is 10.0 Å². The molecular formula is C8H15NO3S. The number of morpholine rings is 1. The maximum atomic E-state index is 11.2. The van der Waals surface area contributed by atoms with Crippen LogP contribution in [0, 0.1) is 5.92 Å². The number of rotatable bonds is 2. The Hall–Kier alpha value is -0.130. The summed E-state index contributed by atoms with van der Waals surface area (Å²) in [6, 6.07) is 0. The molecule has 0 unspecified atom stereocenters. The molecule has 76 valence electrons. The highest BCUT2D eigenvalue weighted by Crippen LogP contribution is 2.35. The van der Waals surface area contributed by atoms with Gasteiger partial charge >= 0.3 is 0 Å². The lowest BCUT2D eigenvalue weighted by molar-refractivity contribution is -0.0132. The summed E-state index contributed by atoms with van der Waals surface area (Å²) in [6.45, 7) is 1.62. The van der Waals surface area contributed by atoms with E-state index in [9.17, 15) is 8.42 Å². The number of nitrogens with zero attached hydrogens (tertiary/aromatic N) is 1. The van der Waals surface area contributed by atoms with Crippen molar-refractivity contribution >= 4 is 10.0 Å². The highest BCUT2D eigenvalue weighted by atomic mass is 32.2. The van der Waals surface area contributed by atoms with Gasteiger partial charge in [0, 0.05) is 13.1 Å². The molecule has 1 atom stereocenters. The summed E-state index contributed by atoms with van der Waals surface area (Å²) in [5.41, 5.74) is 0. The summed E-state index contributed by atoms with van der Waals surface area (Å²) in [6.07, 6.45) is 3.82. The number of ether oxygens (including phenoxy) is 1. The van der Waals surface area contributed by atoms with Crippen LogP contribution in [0.2, 0.25) is 0 Å². The summed E-state index contributed by atoms with van der Waals surface area (Å²) in [7, 11) is -3.01. The van der Waals surface area contributed by atoms with E-state index in [0.29, 0.717) is 25.6 Å². The summed E-state index contributed by atoms with van der Waals surface area (Å²) >= 11 is 0. The van der Waals surface area contributed by atoms with Crippen molar-refractivity contribution in [2.24, 2.45) is 5.92 Å². The lowest BCUT2D eigenvalue weighted by Gasteiger charge is -2.31. The fraction of sp³-hybridized carbons (Fsp3) is 1.00. The molecule has 0 bridgehead atoms. The van der Waals surface area contributed by atoms with Crippen LogP contribution in [0.4, 0.5) is 0 Å². The smallest absolute Gasteiger partial charge is 0.211 e. The van der Waals surface area contributed by atoms with Gasteiger partial charge in [-0.05, 0) is 18.8 Å². The molecule has 1 saturated heterocycles. The SMILES string of the molecule is CS(=O)(=O)N1CCO[C@H](C2CC2)C1. The molecule has 0 aromatic carbocycles. The van der Waals surface area contributed by atoms with Crippen molar-refractivity contribution in [1.29, 1.82) is 0 Å². The van der Waals surface area contributed by atoms with Crippen molar-refractivity contribution in [2.75, 3.05) is 26.0 Å².